The van der Waals surface area contributed by atoms with E-state index in [-0.39, 0.29) is 24.9 Å². The quantitative estimate of drug-likeness (QED) is 0.248. The van der Waals surface area contributed by atoms with E-state index in [1.165, 1.54) is 7.11 Å². The summed E-state index contributed by atoms with van der Waals surface area (Å²) in [5, 5.41) is 2.78. The van der Waals surface area contributed by atoms with Crippen LogP contribution < -0.4 is 5.32 Å². The predicted octanol–water partition coefficient (Wildman–Crippen LogP) is 3.16. The van der Waals surface area contributed by atoms with Gasteiger partial charge in [0.05, 0.1) is 26.2 Å². The van der Waals surface area contributed by atoms with Gasteiger partial charge in [-0.05, 0) is 39.5 Å². The number of hydrogen-bond acceptors (Lipinski definition) is 5. The van der Waals surface area contributed by atoms with Crippen LogP contribution in [0.15, 0.2) is 36.0 Å². The average molecular weight is 439 g/mol. The first-order valence-electron chi connectivity index (χ1n) is 8.68. The number of carbonyl (C=O) groups is 2. The largest absolute Gasteiger partial charge is 0.467 e. The summed E-state index contributed by atoms with van der Waals surface area (Å²) in [6.45, 7) is 11.8. The van der Waals surface area contributed by atoms with Crippen molar-refractivity contribution >= 4 is 33.9 Å². The third-order valence-electron chi connectivity index (χ3n) is 4.00. The number of amides is 1. The van der Waals surface area contributed by atoms with Gasteiger partial charge in [0.25, 0.3) is 0 Å². The van der Waals surface area contributed by atoms with E-state index in [4.69, 9.17) is 9.47 Å². The number of esters is 1. The Labute approximate surface area is 169 Å². The van der Waals surface area contributed by atoms with Gasteiger partial charge in [-0.2, -0.15) is 0 Å². The standard InChI is InChI=1S/C20H27BrN2O4/c1-6-8-27-12-16(13(3)4)19(24)23-17(20(25)26-5)11-15-9-14(7-2)10-18(21)22-15/h6-7,9-10,13,16-17H,1-2,8,11-12H2,3-5H3,(H,23,24)/t16-,17?/m0/s1. The molecule has 0 aliphatic carbocycles. The lowest BCUT2D eigenvalue weighted by Crippen LogP contribution is -2.47. The summed E-state index contributed by atoms with van der Waals surface area (Å²) in [6, 6.07) is 2.78. The molecule has 0 bridgehead atoms. The van der Waals surface area contributed by atoms with Gasteiger partial charge in [0.2, 0.25) is 5.91 Å². The number of rotatable bonds is 11. The maximum atomic E-state index is 12.7. The molecule has 0 fully saturated rings. The molecule has 0 aromatic carbocycles. The molecule has 0 aliphatic heterocycles. The minimum atomic E-state index is -0.845. The topological polar surface area (TPSA) is 77.5 Å². The molecule has 6 nitrogen and oxygen atoms in total. The molecule has 1 unspecified atom stereocenters. The Hall–Kier alpha value is -1.99. The van der Waals surface area contributed by atoms with E-state index in [0.717, 1.165) is 5.56 Å². The van der Waals surface area contributed by atoms with E-state index in [0.29, 0.717) is 16.9 Å². The molecule has 1 aromatic heterocycles. The van der Waals surface area contributed by atoms with Crippen molar-refractivity contribution in [2.45, 2.75) is 26.3 Å². The Kier molecular flexibility index (Phi) is 9.96. The molecule has 0 spiro atoms. The Balaban J connectivity index is 2.94. The van der Waals surface area contributed by atoms with E-state index >= 15 is 0 Å². The summed E-state index contributed by atoms with van der Waals surface area (Å²) in [7, 11) is 1.29. The van der Waals surface area contributed by atoms with Crippen LogP contribution in [-0.2, 0) is 25.5 Å². The van der Waals surface area contributed by atoms with Crippen LogP contribution in [0.5, 0.6) is 0 Å². The predicted molar refractivity (Wildman–Crippen MR) is 109 cm³/mol. The molecule has 1 aromatic rings. The molecule has 0 radical (unpaired) electrons. The van der Waals surface area contributed by atoms with Gasteiger partial charge in [-0.15, -0.1) is 6.58 Å². The molecule has 0 saturated heterocycles. The van der Waals surface area contributed by atoms with Crippen molar-refractivity contribution in [1.29, 1.82) is 0 Å². The molecule has 1 amide bonds. The van der Waals surface area contributed by atoms with Crippen LogP contribution in [-0.4, -0.2) is 43.2 Å². The SMILES string of the molecule is C=CCOC[C@H](C(=O)NC(Cc1cc(C=C)cc(Br)n1)C(=O)OC)C(C)C. The molecular weight excluding hydrogens is 412 g/mol. The highest BCUT2D eigenvalue weighted by Crippen LogP contribution is 2.16. The zero-order valence-electron chi connectivity index (χ0n) is 16.0. The second kappa shape index (κ2) is 11.7. The number of carbonyl (C=O) groups excluding carboxylic acids is 2. The Morgan fingerprint density at radius 2 is 2.04 bits per heavy atom. The van der Waals surface area contributed by atoms with Crippen LogP contribution in [0.3, 0.4) is 0 Å². The summed E-state index contributed by atoms with van der Waals surface area (Å²) in [6.07, 6.45) is 3.52. The zero-order chi connectivity index (χ0) is 20.4. The van der Waals surface area contributed by atoms with Gasteiger partial charge < -0.3 is 14.8 Å². The smallest absolute Gasteiger partial charge is 0.328 e. The minimum Gasteiger partial charge on any atom is -0.467 e. The lowest BCUT2D eigenvalue weighted by atomic mass is 9.95. The number of ether oxygens (including phenoxy) is 2. The summed E-state index contributed by atoms with van der Waals surface area (Å²) in [5.41, 5.74) is 1.50. The first-order valence-corrected chi connectivity index (χ1v) is 9.47. The minimum absolute atomic E-state index is 0.0458. The number of halogens is 1. The van der Waals surface area contributed by atoms with Crippen LogP contribution in [0.25, 0.3) is 6.08 Å². The van der Waals surface area contributed by atoms with Crippen molar-refractivity contribution in [2.24, 2.45) is 11.8 Å². The first-order chi connectivity index (χ1) is 12.8. The second-order valence-electron chi connectivity index (χ2n) is 6.38. The van der Waals surface area contributed by atoms with Gasteiger partial charge >= 0.3 is 5.97 Å². The van der Waals surface area contributed by atoms with E-state index in [9.17, 15) is 9.59 Å². The number of nitrogens with one attached hydrogen (secondary N) is 1. The van der Waals surface area contributed by atoms with Crippen molar-refractivity contribution in [1.82, 2.24) is 10.3 Å². The van der Waals surface area contributed by atoms with Crippen LogP contribution in [0, 0.1) is 11.8 Å². The lowest BCUT2D eigenvalue weighted by Gasteiger charge is -2.23. The third kappa shape index (κ3) is 7.64. The fourth-order valence-electron chi connectivity index (χ4n) is 2.47. The van der Waals surface area contributed by atoms with E-state index in [1.54, 1.807) is 12.2 Å². The van der Waals surface area contributed by atoms with Crippen LogP contribution in [0.4, 0.5) is 0 Å². The summed E-state index contributed by atoms with van der Waals surface area (Å²) >= 11 is 3.34. The van der Waals surface area contributed by atoms with Crippen LogP contribution in [0.2, 0.25) is 0 Å². The summed E-state index contributed by atoms with van der Waals surface area (Å²) < 4.78 is 10.9. The van der Waals surface area contributed by atoms with Gasteiger partial charge in [0.1, 0.15) is 10.6 Å². The van der Waals surface area contributed by atoms with E-state index < -0.39 is 17.9 Å². The third-order valence-corrected chi connectivity index (χ3v) is 4.40. The zero-order valence-corrected chi connectivity index (χ0v) is 17.6. The van der Waals surface area contributed by atoms with E-state index in [1.807, 2.05) is 26.0 Å². The fraction of sp³-hybridized carbons (Fsp3) is 0.450. The van der Waals surface area contributed by atoms with Crippen molar-refractivity contribution < 1.29 is 19.1 Å². The number of pyridine rings is 1. The van der Waals surface area contributed by atoms with Crippen molar-refractivity contribution in [3.63, 3.8) is 0 Å². The number of hydrogen-bond donors (Lipinski definition) is 1. The second-order valence-corrected chi connectivity index (χ2v) is 7.20. The maximum Gasteiger partial charge on any atom is 0.328 e. The molecule has 0 aliphatic rings. The molecule has 1 N–H and O–H groups in total. The lowest BCUT2D eigenvalue weighted by molar-refractivity contribution is -0.146. The highest BCUT2D eigenvalue weighted by atomic mass is 79.9. The van der Waals surface area contributed by atoms with Crippen LogP contribution in [0.1, 0.15) is 25.1 Å². The molecule has 148 valence electrons. The Morgan fingerprint density at radius 3 is 2.59 bits per heavy atom. The molecule has 7 heteroatoms. The fourth-order valence-corrected chi connectivity index (χ4v) is 2.96. The molecule has 1 rings (SSSR count). The Morgan fingerprint density at radius 1 is 1.33 bits per heavy atom. The van der Waals surface area contributed by atoms with Gasteiger partial charge in [-0.3, -0.25) is 4.79 Å². The molecule has 2 atom stereocenters. The van der Waals surface area contributed by atoms with Gasteiger partial charge in [0.15, 0.2) is 0 Å². The first kappa shape index (κ1) is 23.0. The summed E-state index contributed by atoms with van der Waals surface area (Å²) in [4.78, 5) is 29.3. The normalized spacial score (nSPS) is 12.9. The molecule has 0 saturated carbocycles. The van der Waals surface area contributed by atoms with Crippen LogP contribution >= 0.6 is 15.9 Å². The highest BCUT2D eigenvalue weighted by molar-refractivity contribution is 9.10. The number of nitrogens with zero attached hydrogens (tertiary/aromatic N) is 1. The van der Waals surface area contributed by atoms with Gasteiger partial charge in [-0.1, -0.05) is 32.6 Å². The molecule has 27 heavy (non-hydrogen) atoms. The number of methoxy groups -OCH3 is 1. The summed E-state index contributed by atoms with van der Waals surface area (Å²) in [5.74, 6) is -1.14. The Bertz CT molecular complexity index is 676. The van der Waals surface area contributed by atoms with Gasteiger partial charge in [-0.25, -0.2) is 9.78 Å². The monoisotopic (exact) mass is 438 g/mol. The maximum absolute atomic E-state index is 12.7. The molecular formula is C20H27BrN2O4. The highest BCUT2D eigenvalue weighted by Gasteiger charge is 2.28. The molecule has 1 heterocycles. The van der Waals surface area contributed by atoms with Crippen molar-refractivity contribution in [3.05, 3.63) is 47.2 Å². The average Bonchev–Trinajstić information content (AvgIpc) is 2.63. The van der Waals surface area contributed by atoms with Gasteiger partial charge in [0, 0.05) is 12.1 Å². The van der Waals surface area contributed by atoms with E-state index in [2.05, 4.69) is 39.4 Å². The number of aromatic nitrogens is 1. The van der Waals surface area contributed by atoms with Crippen molar-refractivity contribution in [2.75, 3.05) is 20.3 Å². The van der Waals surface area contributed by atoms with Crippen molar-refractivity contribution in [3.8, 4) is 0 Å².